The summed E-state index contributed by atoms with van der Waals surface area (Å²) in [6.45, 7) is 0. The van der Waals surface area contributed by atoms with E-state index in [1.54, 1.807) is 23.6 Å². The van der Waals surface area contributed by atoms with E-state index in [0.717, 1.165) is 29.7 Å². The van der Waals surface area contributed by atoms with Crippen LogP contribution in [0.3, 0.4) is 0 Å². The van der Waals surface area contributed by atoms with Crippen LogP contribution in [0.15, 0.2) is 65.1 Å². The van der Waals surface area contributed by atoms with Gasteiger partial charge in [-0.05, 0) is 47.5 Å². The number of aryl methyl sites for hydroxylation is 1. The Kier molecular flexibility index (Phi) is 5.26. The summed E-state index contributed by atoms with van der Waals surface area (Å²) in [5.41, 5.74) is 6.64. The summed E-state index contributed by atoms with van der Waals surface area (Å²) in [5, 5.41) is 12.7. The predicted octanol–water partition coefficient (Wildman–Crippen LogP) is 4.69. The number of amides is 2. The molecule has 0 spiro atoms. The van der Waals surface area contributed by atoms with Crippen molar-refractivity contribution in [2.24, 2.45) is 5.10 Å². The zero-order valence-electron chi connectivity index (χ0n) is 16.8. The molecule has 3 aromatic rings. The maximum Gasteiger partial charge on any atom is 0.271 e. The minimum atomic E-state index is -0.265. The highest BCUT2D eigenvalue weighted by atomic mass is 32.1. The van der Waals surface area contributed by atoms with E-state index in [9.17, 15) is 9.59 Å². The average molecular weight is 431 g/mol. The van der Waals surface area contributed by atoms with Gasteiger partial charge in [0.25, 0.3) is 5.91 Å². The Balaban J connectivity index is 1.37. The van der Waals surface area contributed by atoms with Crippen LogP contribution in [0, 0.1) is 0 Å². The fraction of sp³-hybridized carbons (Fsp3) is 0.208. The van der Waals surface area contributed by atoms with Crippen molar-refractivity contribution in [2.45, 2.75) is 31.2 Å². The third kappa shape index (κ3) is 3.96. The van der Waals surface area contributed by atoms with Gasteiger partial charge in [-0.3, -0.25) is 9.59 Å². The van der Waals surface area contributed by atoms with Crippen LogP contribution in [0.4, 0.5) is 11.4 Å². The molecule has 0 fully saturated rings. The van der Waals surface area contributed by atoms with Crippen LogP contribution in [0.2, 0.25) is 0 Å². The van der Waals surface area contributed by atoms with Gasteiger partial charge in [-0.1, -0.05) is 36.4 Å². The molecule has 156 valence electrons. The monoisotopic (exact) mass is 430 g/mol. The maximum absolute atomic E-state index is 12.7. The molecular formula is C24H22N4O2S. The number of hydrazone groups is 1. The third-order valence-corrected chi connectivity index (χ3v) is 6.62. The second kappa shape index (κ2) is 8.35. The van der Waals surface area contributed by atoms with Gasteiger partial charge in [0.2, 0.25) is 5.91 Å². The average Bonchev–Trinajstić information content (AvgIpc) is 3.38. The summed E-state index contributed by atoms with van der Waals surface area (Å²) >= 11 is 1.71. The molecule has 0 bridgehead atoms. The number of rotatable bonds is 6. The Morgan fingerprint density at radius 1 is 1.13 bits per heavy atom. The van der Waals surface area contributed by atoms with Crippen LogP contribution in [0.5, 0.6) is 0 Å². The van der Waals surface area contributed by atoms with E-state index in [1.807, 2.05) is 35.7 Å². The molecule has 2 aliphatic heterocycles. The molecule has 7 heteroatoms. The molecule has 2 amide bonds. The largest absolute Gasteiger partial charge is 0.377 e. The number of hydrogen-bond acceptors (Lipinski definition) is 5. The Morgan fingerprint density at radius 2 is 2.00 bits per heavy atom. The molecule has 3 N–H and O–H groups in total. The zero-order chi connectivity index (χ0) is 21.2. The van der Waals surface area contributed by atoms with Gasteiger partial charge in [0.05, 0.1) is 6.04 Å². The van der Waals surface area contributed by atoms with Crippen molar-refractivity contribution < 1.29 is 9.59 Å². The summed E-state index contributed by atoms with van der Waals surface area (Å²) in [7, 11) is 0. The molecule has 0 aliphatic carbocycles. The topological polar surface area (TPSA) is 82.6 Å². The molecule has 0 saturated heterocycles. The Morgan fingerprint density at radius 3 is 2.81 bits per heavy atom. The molecule has 31 heavy (non-hydrogen) atoms. The molecule has 6 nitrogen and oxygen atoms in total. The molecule has 0 saturated carbocycles. The lowest BCUT2D eigenvalue weighted by molar-refractivity contribution is -0.116. The van der Waals surface area contributed by atoms with E-state index < -0.39 is 0 Å². The fourth-order valence-electron chi connectivity index (χ4n) is 4.27. The number of carbonyl (C=O) groups is 2. The zero-order valence-corrected chi connectivity index (χ0v) is 17.6. The van der Waals surface area contributed by atoms with Crippen molar-refractivity contribution in [1.82, 2.24) is 5.43 Å². The van der Waals surface area contributed by atoms with Crippen LogP contribution in [0.25, 0.3) is 0 Å². The first-order valence-electron chi connectivity index (χ1n) is 10.3. The molecule has 1 aromatic heterocycles. The summed E-state index contributed by atoms with van der Waals surface area (Å²) in [6.07, 6.45) is 3.90. The molecular weight excluding hydrogens is 408 g/mol. The normalized spacial score (nSPS) is 18.6. The van der Waals surface area contributed by atoms with Gasteiger partial charge in [0.1, 0.15) is 0 Å². The number of nitrogens with zero attached hydrogens (tertiary/aromatic N) is 1. The van der Waals surface area contributed by atoms with E-state index in [1.165, 1.54) is 4.88 Å². The standard InChI is InChI=1S/C24H22N4O2S/c29-21(10-4-8-17-9-5-11-31-17)26-16-12-18-22-19(14-25-28-24(18)30)23(27-20(22)13-16)15-6-2-1-3-7-15/h1-3,5-7,9,11-14,19,23,27H,4,8,10H2,(H,26,29)(H,28,30). The number of anilines is 2. The number of nitrogens with one attached hydrogen (secondary N) is 3. The lowest BCUT2D eigenvalue weighted by Crippen LogP contribution is -2.18. The SMILES string of the molecule is O=C(CCCc1cccs1)Nc1cc2c3c(c1)C(=O)NN=CC3C(c1ccccc1)N2. The Bertz CT molecular complexity index is 1140. The highest BCUT2D eigenvalue weighted by Gasteiger charge is 2.37. The molecule has 0 radical (unpaired) electrons. The van der Waals surface area contributed by atoms with Crippen LogP contribution in [-0.2, 0) is 11.2 Å². The van der Waals surface area contributed by atoms with Crippen molar-refractivity contribution in [3.8, 4) is 0 Å². The lowest BCUT2D eigenvalue weighted by atomic mass is 9.88. The lowest BCUT2D eigenvalue weighted by Gasteiger charge is -2.17. The van der Waals surface area contributed by atoms with Gasteiger partial charge in [0, 0.05) is 40.4 Å². The van der Waals surface area contributed by atoms with Gasteiger partial charge >= 0.3 is 0 Å². The first-order chi connectivity index (χ1) is 15.2. The quantitative estimate of drug-likeness (QED) is 0.531. The fourth-order valence-corrected chi connectivity index (χ4v) is 5.02. The molecule has 2 atom stereocenters. The smallest absolute Gasteiger partial charge is 0.271 e. The van der Waals surface area contributed by atoms with Crippen molar-refractivity contribution in [3.63, 3.8) is 0 Å². The van der Waals surface area contributed by atoms with Crippen molar-refractivity contribution in [1.29, 1.82) is 0 Å². The van der Waals surface area contributed by atoms with E-state index in [0.29, 0.717) is 17.7 Å². The number of carbonyl (C=O) groups excluding carboxylic acids is 2. The number of benzene rings is 2. The first-order valence-corrected chi connectivity index (χ1v) is 11.2. The van der Waals surface area contributed by atoms with Crippen molar-refractivity contribution >= 4 is 40.7 Å². The predicted molar refractivity (Wildman–Crippen MR) is 124 cm³/mol. The second-order valence-electron chi connectivity index (χ2n) is 7.74. The summed E-state index contributed by atoms with van der Waals surface area (Å²) in [5.74, 6) is -0.385. The van der Waals surface area contributed by atoms with Gasteiger partial charge in [-0.25, -0.2) is 5.43 Å². The number of thiophene rings is 1. The van der Waals surface area contributed by atoms with Crippen LogP contribution in [0.1, 0.15) is 51.2 Å². The molecule has 5 rings (SSSR count). The summed E-state index contributed by atoms with van der Waals surface area (Å²) in [6, 6.07) is 17.9. The summed E-state index contributed by atoms with van der Waals surface area (Å²) in [4.78, 5) is 26.4. The summed E-state index contributed by atoms with van der Waals surface area (Å²) < 4.78 is 0. The Hall–Kier alpha value is -3.45. The van der Waals surface area contributed by atoms with E-state index in [4.69, 9.17) is 0 Å². The van der Waals surface area contributed by atoms with E-state index >= 15 is 0 Å². The highest BCUT2D eigenvalue weighted by molar-refractivity contribution is 7.09. The Labute approximate surface area is 184 Å². The van der Waals surface area contributed by atoms with Gasteiger partial charge < -0.3 is 10.6 Å². The highest BCUT2D eigenvalue weighted by Crippen LogP contribution is 2.46. The second-order valence-corrected chi connectivity index (χ2v) is 8.78. The van der Waals surface area contributed by atoms with Crippen LogP contribution >= 0.6 is 11.3 Å². The third-order valence-electron chi connectivity index (χ3n) is 5.68. The molecule has 2 unspecified atom stereocenters. The molecule has 2 aromatic carbocycles. The van der Waals surface area contributed by atoms with Gasteiger partial charge in [-0.15, -0.1) is 11.3 Å². The maximum atomic E-state index is 12.7. The molecule has 2 aliphatic rings. The number of hydrogen-bond donors (Lipinski definition) is 3. The van der Waals surface area contributed by atoms with Crippen LogP contribution < -0.4 is 16.1 Å². The first kappa shape index (κ1) is 19.5. The van der Waals surface area contributed by atoms with Gasteiger partial charge in [-0.2, -0.15) is 5.10 Å². The molecule has 3 heterocycles. The minimum Gasteiger partial charge on any atom is -0.377 e. The van der Waals surface area contributed by atoms with E-state index in [-0.39, 0.29) is 23.8 Å². The van der Waals surface area contributed by atoms with Crippen molar-refractivity contribution in [3.05, 3.63) is 81.5 Å². The minimum absolute atomic E-state index is 0.0249. The van der Waals surface area contributed by atoms with E-state index in [2.05, 4.69) is 39.4 Å². The van der Waals surface area contributed by atoms with Gasteiger partial charge in [0.15, 0.2) is 0 Å². The van der Waals surface area contributed by atoms with Crippen LogP contribution in [-0.4, -0.2) is 18.0 Å². The van der Waals surface area contributed by atoms with Crippen molar-refractivity contribution in [2.75, 3.05) is 10.6 Å².